The first-order valence-electron chi connectivity index (χ1n) is 6.02. The number of hydrogen-bond acceptors (Lipinski definition) is 3. The van der Waals surface area contributed by atoms with Crippen molar-refractivity contribution in [3.8, 4) is 0 Å². The molecule has 0 saturated heterocycles. The van der Waals surface area contributed by atoms with Crippen molar-refractivity contribution in [1.82, 2.24) is 24.9 Å². The second-order valence-corrected chi connectivity index (χ2v) is 4.73. The first kappa shape index (κ1) is 13.6. The van der Waals surface area contributed by atoms with Crippen LogP contribution in [0.4, 0.5) is 0 Å². The van der Waals surface area contributed by atoms with Crippen molar-refractivity contribution in [1.29, 1.82) is 0 Å². The molecule has 1 N–H and O–H groups in total. The van der Waals surface area contributed by atoms with Crippen LogP contribution in [0, 0.1) is 6.92 Å². The van der Waals surface area contributed by atoms with E-state index in [4.69, 9.17) is 11.6 Å². The molecule has 2 aromatic heterocycles. The maximum Gasteiger partial charge on any atom is 0.254 e. The fourth-order valence-corrected chi connectivity index (χ4v) is 1.88. The molecule has 0 aliphatic carbocycles. The zero-order valence-electron chi connectivity index (χ0n) is 10.9. The summed E-state index contributed by atoms with van der Waals surface area (Å²) in [5, 5.41) is 11.6. The molecule has 0 aromatic carbocycles. The number of nitrogens with zero attached hydrogens (tertiary/aromatic N) is 4. The fraction of sp³-hybridized carbons (Fsp3) is 0.417. The number of halogens is 1. The van der Waals surface area contributed by atoms with Crippen LogP contribution in [-0.2, 0) is 13.6 Å². The van der Waals surface area contributed by atoms with E-state index >= 15 is 0 Å². The Labute approximate surface area is 116 Å². The van der Waals surface area contributed by atoms with Gasteiger partial charge in [-0.15, -0.1) is 0 Å². The number of hydrogen-bond donors (Lipinski definition) is 1. The van der Waals surface area contributed by atoms with Crippen molar-refractivity contribution in [2.75, 3.05) is 6.54 Å². The number of aryl methyl sites for hydroxylation is 2. The van der Waals surface area contributed by atoms with E-state index in [0.717, 1.165) is 18.7 Å². The van der Waals surface area contributed by atoms with Gasteiger partial charge in [-0.25, -0.2) is 0 Å². The average molecular weight is 282 g/mol. The van der Waals surface area contributed by atoms with Gasteiger partial charge in [-0.05, 0) is 13.3 Å². The van der Waals surface area contributed by atoms with Crippen LogP contribution < -0.4 is 5.32 Å². The van der Waals surface area contributed by atoms with E-state index in [1.54, 1.807) is 28.0 Å². The van der Waals surface area contributed by atoms with Crippen LogP contribution in [0.5, 0.6) is 0 Å². The summed E-state index contributed by atoms with van der Waals surface area (Å²) in [7, 11) is 1.81. The van der Waals surface area contributed by atoms with Crippen LogP contribution in [-0.4, -0.2) is 32.0 Å². The van der Waals surface area contributed by atoms with Gasteiger partial charge in [0.2, 0.25) is 0 Å². The third kappa shape index (κ3) is 3.35. The van der Waals surface area contributed by atoms with Crippen molar-refractivity contribution in [2.24, 2.45) is 7.05 Å². The summed E-state index contributed by atoms with van der Waals surface area (Å²) in [6.45, 7) is 3.18. The fourth-order valence-electron chi connectivity index (χ4n) is 1.72. The molecule has 7 heteroatoms. The predicted molar refractivity (Wildman–Crippen MR) is 72.1 cm³/mol. The molecule has 0 aliphatic heterocycles. The third-order valence-corrected chi connectivity index (χ3v) is 3.13. The topological polar surface area (TPSA) is 64.7 Å². The molecule has 0 spiro atoms. The summed E-state index contributed by atoms with van der Waals surface area (Å²) in [5.74, 6) is -0.0934. The van der Waals surface area contributed by atoms with Gasteiger partial charge in [0, 0.05) is 32.0 Å². The summed E-state index contributed by atoms with van der Waals surface area (Å²) < 4.78 is 3.43. The van der Waals surface area contributed by atoms with Crippen molar-refractivity contribution in [3.05, 3.63) is 34.9 Å². The van der Waals surface area contributed by atoms with Gasteiger partial charge in [-0.1, -0.05) is 11.6 Å². The molecule has 0 fully saturated rings. The minimum atomic E-state index is -0.0934. The quantitative estimate of drug-likeness (QED) is 0.843. The first-order valence-corrected chi connectivity index (χ1v) is 6.40. The van der Waals surface area contributed by atoms with Gasteiger partial charge in [0.15, 0.2) is 0 Å². The van der Waals surface area contributed by atoms with E-state index in [0.29, 0.717) is 17.1 Å². The Morgan fingerprint density at radius 2 is 2.21 bits per heavy atom. The molecule has 0 saturated carbocycles. The van der Waals surface area contributed by atoms with Gasteiger partial charge in [0.05, 0.1) is 23.0 Å². The van der Waals surface area contributed by atoms with Crippen LogP contribution in [0.3, 0.4) is 0 Å². The normalized spacial score (nSPS) is 10.7. The summed E-state index contributed by atoms with van der Waals surface area (Å²) >= 11 is 5.76. The van der Waals surface area contributed by atoms with Gasteiger partial charge in [0.1, 0.15) is 0 Å². The van der Waals surface area contributed by atoms with E-state index < -0.39 is 0 Å². The Balaban J connectivity index is 1.77. The van der Waals surface area contributed by atoms with E-state index in [1.165, 1.54) is 0 Å². The van der Waals surface area contributed by atoms with E-state index in [2.05, 4.69) is 15.5 Å². The third-order valence-electron chi connectivity index (χ3n) is 2.93. The molecule has 0 unspecified atom stereocenters. The number of amides is 1. The van der Waals surface area contributed by atoms with E-state index in [9.17, 15) is 4.79 Å². The number of aromatic nitrogens is 4. The molecular weight excluding hydrogens is 266 g/mol. The van der Waals surface area contributed by atoms with E-state index in [-0.39, 0.29) is 5.91 Å². The molecule has 1 amide bonds. The molecule has 2 aromatic rings. The molecule has 6 nitrogen and oxygen atoms in total. The summed E-state index contributed by atoms with van der Waals surface area (Å²) in [6, 6.07) is 0. The Kier molecular flexibility index (Phi) is 4.21. The average Bonchev–Trinajstić information content (AvgIpc) is 2.93. The largest absolute Gasteiger partial charge is 0.352 e. The molecule has 0 radical (unpaired) electrons. The molecule has 2 rings (SSSR count). The lowest BCUT2D eigenvalue weighted by Gasteiger charge is -2.05. The van der Waals surface area contributed by atoms with Gasteiger partial charge < -0.3 is 5.32 Å². The minimum absolute atomic E-state index is 0.0934. The molecular formula is C12H16ClN5O. The highest BCUT2D eigenvalue weighted by Crippen LogP contribution is 2.06. The van der Waals surface area contributed by atoms with Crippen molar-refractivity contribution in [2.45, 2.75) is 19.9 Å². The lowest BCUT2D eigenvalue weighted by atomic mass is 10.2. The maximum absolute atomic E-state index is 11.9. The summed E-state index contributed by atoms with van der Waals surface area (Å²) in [4.78, 5) is 11.9. The van der Waals surface area contributed by atoms with Crippen LogP contribution in [0.2, 0.25) is 5.02 Å². The van der Waals surface area contributed by atoms with E-state index in [1.807, 2.05) is 14.0 Å². The Morgan fingerprint density at radius 1 is 1.42 bits per heavy atom. The maximum atomic E-state index is 11.9. The highest BCUT2D eigenvalue weighted by atomic mass is 35.5. The molecule has 102 valence electrons. The van der Waals surface area contributed by atoms with Crippen molar-refractivity contribution in [3.63, 3.8) is 0 Å². The van der Waals surface area contributed by atoms with Crippen LogP contribution >= 0.6 is 11.6 Å². The van der Waals surface area contributed by atoms with Crippen LogP contribution in [0.25, 0.3) is 0 Å². The monoisotopic (exact) mass is 281 g/mol. The first-order chi connectivity index (χ1) is 9.08. The minimum Gasteiger partial charge on any atom is -0.352 e. The lowest BCUT2D eigenvalue weighted by molar-refractivity contribution is 0.0952. The second-order valence-electron chi connectivity index (χ2n) is 4.30. The SMILES string of the molecule is Cc1c(C(=O)NCCCn2cc(Cl)cn2)cnn1C. The number of carbonyl (C=O) groups excluding carboxylic acids is 1. The van der Waals surface area contributed by atoms with Crippen LogP contribution in [0.1, 0.15) is 22.5 Å². The smallest absolute Gasteiger partial charge is 0.254 e. The molecule has 0 aliphatic rings. The number of rotatable bonds is 5. The molecule has 0 bridgehead atoms. The Morgan fingerprint density at radius 3 is 2.79 bits per heavy atom. The lowest BCUT2D eigenvalue weighted by Crippen LogP contribution is -2.25. The molecule has 0 atom stereocenters. The highest BCUT2D eigenvalue weighted by molar-refractivity contribution is 6.30. The predicted octanol–water partition coefficient (Wildman–Crippen LogP) is 1.40. The Bertz CT molecular complexity index is 574. The Hall–Kier alpha value is -1.82. The highest BCUT2D eigenvalue weighted by Gasteiger charge is 2.11. The number of carbonyl (C=O) groups is 1. The summed E-state index contributed by atoms with van der Waals surface area (Å²) in [5.41, 5.74) is 1.47. The molecule has 2 heterocycles. The van der Waals surface area contributed by atoms with Crippen LogP contribution in [0.15, 0.2) is 18.6 Å². The van der Waals surface area contributed by atoms with Gasteiger partial charge in [-0.2, -0.15) is 10.2 Å². The number of nitrogens with one attached hydrogen (secondary N) is 1. The van der Waals surface area contributed by atoms with Crippen molar-refractivity contribution < 1.29 is 4.79 Å². The van der Waals surface area contributed by atoms with Crippen molar-refractivity contribution >= 4 is 17.5 Å². The standard InChI is InChI=1S/C12H16ClN5O/c1-9-11(7-15-17(9)2)12(19)14-4-3-5-18-8-10(13)6-16-18/h6-8H,3-5H2,1-2H3,(H,14,19). The molecule has 19 heavy (non-hydrogen) atoms. The summed E-state index contributed by atoms with van der Waals surface area (Å²) in [6.07, 6.45) is 5.73. The van der Waals surface area contributed by atoms with Gasteiger partial charge >= 0.3 is 0 Å². The second kappa shape index (κ2) is 5.88. The van der Waals surface area contributed by atoms with Gasteiger partial charge in [0.25, 0.3) is 5.91 Å². The van der Waals surface area contributed by atoms with Gasteiger partial charge in [-0.3, -0.25) is 14.2 Å². The zero-order chi connectivity index (χ0) is 13.8. The zero-order valence-corrected chi connectivity index (χ0v) is 11.7.